The Kier molecular flexibility index (Phi) is 5.67. The Morgan fingerprint density at radius 2 is 1.66 bits per heavy atom. The maximum Gasteiger partial charge on any atom is 0.263 e. The highest BCUT2D eigenvalue weighted by Crippen LogP contribution is 2.30. The predicted octanol–water partition coefficient (Wildman–Crippen LogP) is 4.70. The number of sulfonamides is 1. The summed E-state index contributed by atoms with van der Waals surface area (Å²) < 4.78 is 34.4. The maximum atomic E-state index is 13.0. The van der Waals surface area contributed by atoms with Crippen molar-refractivity contribution in [3.8, 4) is 5.88 Å². The van der Waals surface area contributed by atoms with Crippen LogP contribution in [0.4, 0.5) is 5.82 Å². The summed E-state index contributed by atoms with van der Waals surface area (Å²) in [6.07, 6.45) is 5.97. The molecule has 1 saturated carbocycles. The number of nitrogens with one attached hydrogen (secondary N) is 1. The van der Waals surface area contributed by atoms with Gasteiger partial charge in [0.15, 0.2) is 0 Å². The van der Waals surface area contributed by atoms with Gasteiger partial charge in [0.05, 0.1) is 22.5 Å². The number of ether oxygens (including phenoxy) is 1. The van der Waals surface area contributed by atoms with Crippen molar-refractivity contribution in [2.75, 3.05) is 11.3 Å². The van der Waals surface area contributed by atoms with E-state index in [1.807, 2.05) is 24.3 Å². The summed E-state index contributed by atoms with van der Waals surface area (Å²) >= 11 is 0. The molecule has 4 rings (SSSR count). The Morgan fingerprint density at radius 3 is 2.38 bits per heavy atom. The van der Waals surface area contributed by atoms with Gasteiger partial charge >= 0.3 is 0 Å². The minimum atomic E-state index is -3.81. The number of aryl methyl sites for hydroxylation is 1. The van der Waals surface area contributed by atoms with Gasteiger partial charge in [0, 0.05) is 0 Å². The Morgan fingerprint density at radius 1 is 1.00 bits per heavy atom. The van der Waals surface area contributed by atoms with Crippen LogP contribution in [0.15, 0.2) is 53.4 Å². The molecule has 1 heterocycles. The van der Waals surface area contributed by atoms with E-state index in [-0.39, 0.29) is 16.6 Å². The highest BCUT2D eigenvalue weighted by molar-refractivity contribution is 7.92. The fraction of sp³-hybridized carbons (Fsp3) is 0.364. The third kappa shape index (κ3) is 4.50. The Balaban J connectivity index is 1.63. The number of anilines is 1. The smallest absolute Gasteiger partial charge is 0.263 e. The summed E-state index contributed by atoms with van der Waals surface area (Å²) in [5.41, 5.74) is 1.94. The van der Waals surface area contributed by atoms with E-state index in [2.05, 4.69) is 14.7 Å². The minimum Gasteiger partial charge on any atom is -0.475 e. The zero-order valence-corrected chi connectivity index (χ0v) is 17.3. The van der Waals surface area contributed by atoms with Gasteiger partial charge in [-0.1, -0.05) is 56.0 Å². The first-order chi connectivity index (χ1) is 14.0. The molecule has 1 fully saturated rings. The highest BCUT2D eigenvalue weighted by Gasteiger charge is 2.22. The van der Waals surface area contributed by atoms with Crippen molar-refractivity contribution < 1.29 is 13.2 Å². The average molecular weight is 412 g/mol. The number of nitrogens with zero attached hydrogens (tertiary/aromatic N) is 2. The van der Waals surface area contributed by atoms with Gasteiger partial charge in [-0.15, -0.1) is 0 Å². The van der Waals surface area contributed by atoms with Crippen LogP contribution in [0.2, 0.25) is 0 Å². The molecule has 0 amide bonds. The van der Waals surface area contributed by atoms with E-state index in [0.29, 0.717) is 29.1 Å². The molecule has 0 atom stereocenters. The fourth-order valence-electron chi connectivity index (χ4n) is 3.81. The quantitative estimate of drug-likeness (QED) is 0.609. The standard InChI is InChI=1S/C22H25N3O3S/c1-16-8-2-7-13-20(16)29(26,27)25-21-22(28-15-14-17-9-3-4-10-17)24-19-12-6-5-11-18(19)23-21/h2,5-8,11-13,17H,3-4,9-10,14-15H2,1H3,(H,23,25). The van der Waals surface area contributed by atoms with E-state index in [9.17, 15) is 8.42 Å². The summed E-state index contributed by atoms with van der Waals surface area (Å²) in [4.78, 5) is 9.23. The first kappa shape index (κ1) is 19.6. The lowest BCUT2D eigenvalue weighted by Gasteiger charge is -2.15. The molecular formula is C22H25N3O3S. The van der Waals surface area contributed by atoms with Gasteiger partial charge in [-0.3, -0.25) is 4.72 Å². The predicted molar refractivity (Wildman–Crippen MR) is 114 cm³/mol. The molecule has 29 heavy (non-hydrogen) atoms. The molecule has 7 heteroatoms. The van der Waals surface area contributed by atoms with Crippen LogP contribution < -0.4 is 9.46 Å². The maximum absolute atomic E-state index is 13.0. The number of hydrogen-bond acceptors (Lipinski definition) is 5. The molecule has 1 aromatic heterocycles. The van der Waals surface area contributed by atoms with Crippen LogP contribution >= 0.6 is 0 Å². The van der Waals surface area contributed by atoms with Crippen LogP contribution in [0.3, 0.4) is 0 Å². The van der Waals surface area contributed by atoms with Crippen LogP contribution in [0.25, 0.3) is 11.0 Å². The largest absolute Gasteiger partial charge is 0.475 e. The summed E-state index contributed by atoms with van der Waals surface area (Å²) in [5, 5.41) is 0. The molecule has 0 bridgehead atoms. The normalized spacial score (nSPS) is 14.9. The summed E-state index contributed by atoms with van der Waals surface area (Å²) in [6.45, 7) is 2.26. The van der Waals surface area contributed by atoms with Crippen molar-refractivity contribution in [2.45, 2.75) is 43.9 Å². The molecule has 6 nitrogen and oxygen atoms in total. The van der Waals surface area contributed by atoms with E-state index >= 15 is 0 Å². The van der Waals surface area contributed by atoms with Crippen molar-refractivity contribution in [2.24, 2.45) is 5.92 Å². The Labute approximate surface area is 171 Å². The monoisotopic (exact) mass is 411 g/mol. The second-order valence-corrected chi connectivity index (χ2v) is 9.18. The number of aromatic nitrogens is 2. The van der Waals surface area contributed by atoms with E-state index in [4.69, 9.17) is 4.74 Å². The molecule has 3 aromatic rings. The zero-order valence-electron chi connectivity index (χ0n) is 16.5. The van der Waals surface area contributed by atoms with Gasteiger partial charge < -0.3 is 4.74 Å². The van der Waals surface area contributed by atoms with E-state index in [0.717, 1.165) is 6.42 Å². The van der Waals surface area contributed by atoms with Crippen LogP contribution in [0.1, 0.15) is 37.7 Å². The lowest BCUT2D eigenvalue weighted by Crippen LogP contribution is -2.17. The van der Waals surface area contributed by atoms with Gasteiger partial charge in [-0.05, 0) is 43.0 Å². The van der Waals surface area contributed by atoms with Gasteiger partial charge in [0.25, 0.3) is 15.9 Å². The Hall–Kier alpha value is -2.67. The second kappa shape index (κ2) is 8.37. The molecular weight excluding hydrogens is 386 g/mol. The first-order valence-electron chi connectivity index (χ1n) is 10.0. The minimum absolute atomic E-state index is 0.123. The zero-order chi connectivity index (χ0) is 20.3. The number of fused-ring (bicyclic) bond motifs is 1. The number of benzene rings is 2. The third-order valence-corrected chi connectivity index (χ3v) is 6.89. The molecule has 0 radical (unpaired) electrons. The summed E-state index contributed by atoms with van der Waals surface area (Å²) in [7, 11) is -3.81. The SMILES string of the molecule is Cc1ccccc1S(=O)(=O)Nc1nc2ccccc2nc1OCCC1CCCC1. The van der Waals surface area contributed by atoms with Gasteiger partial charge in [-0.2, -0.15) is 0 Å². The molecule has 2 aromatic carbocycles. The molecule has 1 aliphatic rings. The third-order valence-electron chi connectivity index (χ3n) is 5.39. The molecule has 1 N–H and O–H groups in total. The van der Waals surface area contributed by atoms with Crippen molar-refractivity contribution in [3.05, 3.63) is 54.1 Å². The van der Waals surface area contributed by atoms with Gasteiger partial charge in [0.1, 0.15) is 0 Å². The summed E-state index contributed by atoms with van der Waals surface area (Å²) in [6, 6.07) is 14.2. The lowest BCUT2D eigenvalue weighted by atomic mass is 10.1. The van der Waals surface area contributed by atoms with E-state index < -0.39 is 10.0 Å². The van der Waals surface area contributed by atoms with E-state index in [1.165, 1.54) is 25.7 Å². The molecule has 0 unspecified atom stereocenters. The molecule has 0 spiro atoms. The molecule has 0 saturated heterocycles. The van der Waals surface area contributed by atoms with Crippen molar-refractivity contribution >= 4 is 26.9 Å². The average Bonchev–Trinajstić information content (AvgIpc) is 3.22. The van der Waals surface area contributed by atoms with Crippen molar-refractivity contribution in [1.29, 1.82) is 0 Å². The van der Waals surface area contributed by atoms with E-state index in [1.54, 1.807) is 31.2 Å². The second-order valence-electron chi connectivity index (χ2n) is 7.52. The first-order valence-corrected chi connectivity index (χ1v) is 11.5. The Bertz CT molecular complexity index is 1110. The topological polar surface area (TPSA) is 81.2 Å². The highest BCUT2D eigenvalue weighted by atomic mass is 32.2. The summed E-state index contributed by atoms with van der Waals surface area (Å²) in [5.74, 6) is 1.02. The van der Waals surface area contributed by atoms with Crippen LogP contribution in [-0.2, 0) is 10.0 Å². The molecule has 0 aliphatic heterocycles. The van der Waals surface area contributed by atoms with Crippen LogP contribution in [0, 0.1) is 12.8 Å². The number of para-hydroxylation sites is 2. The van der Waals surface area contributed by atoms with Crippen molar-refractivity contribution in [3.63, 3.8) is 0 Å². The number of hydrogen-bond donors (Lipinski definition) is 1. The fourth-order valence-corrected chi connectivity index (χ4v) is 5.06. The van der Waals surface area contributed by atoms with Gasteiger partial charge in [0.2, 0.25) is 5.82 Å². The van der Waals surface area contributed by atoms with Crippen LogP contribution in [-0.4, -0.2) is 25.0 Å². The molecule has 1 aliphatic carbocycles. The number of rotatable bonds is 7. The van der Waals surface area contributed by atoms with Crippen LogP contribution in [0.5, 0.6) is 5.88 Å². The molecule has 152 valence electrons. The van der Waals surface area contributed by atoms with Crippen molar-refractivity contribution in [1.82, 2.24) is 9.97 Å². The lowest BCUT2D eigenvalue weighted by molar-refractivity contribution is 0.271. The van der Waals surface area contributed by atoms with Gasteiger partial charge in [-0.25, -0.2) is 18.4 Å².